The zero-order chi connectivity index (χ0) is 26.2. The van der Waals surface area contributed by atoms with E-state index < -0.39 is 12.3 Å². The summed E-state index contributed by atoms with van der Waals surface area (Å²) < 4.78 is 47.9. The summed E-state index contributed by atoms with van der Waals surface area (Å²) in [6.45, 7) is 3.83. The first kappa shape index (κ1) is 27.3. The molecule has 3 aromatic rings. The number of pyridine rings is 1. The van der Waals surface area contributed by atoms with E-state index in [9.17, 15) is 18.0 Å². The molecule has 9 heteroatoms. The summed E-state index contributed by atoms with van der Waals surface area (Å²) >= 11 is 0. The second-order valence-electron chi connectivity index (χ2n) is 8.26. The Labute approximate surface area is 210 Å². The van der Waals surface area contributed by atoms with Gasteiger partial charge >= 0.3 is 0 Å². The largest absolute Gasteiger partial charge is 0.497 e. The fraction of sp³-hybridized carbons (Fsp3) is 0.296. The van der Waals surface area contributed by atoms with Crippen LogP contribution in [0.15, 0.2) is 65.6 Å². The molecule has 0 radical (unpaired) electrons. The maximum absolute atomic E-state index is 12.9. The Morgan fingerprint density at radius 2 is 1.81 bits per heavy atom. The fourth-order valence-electron chi connectivity index (χ4n) is 4.03. The van der Waals surface area contributed by atoms with Crippen LogP contribution in [0.3, 0.4) is 0 Å². The molecule has 0 saturated heterocycles. The van der Waals surface area contributed by atoms with E-state index in [4.69, 9.17) is 9.47 Å². The molecule has 0 saturated carbocycles. The first-order chi connectivity index (χ1) is 17.2. The van der Waals surface area contributed by atoms with Crippen molar-refractivity contribution in [3.8, 4) is 11.5 Å². The molecule has 0 bridgehead atoms. The smallest absolute Gasteiger partial charge is 0.248 e. The van der Waals surface area contributed by atoms with Crippen LogP contribution >= 0.6 is 9.24 Å². The summed E-state index contributed by atoms with van der Waals surface area (Å²) in [6, 6.07) is 12.5. The minimum atomic E-state index is -2.28. The molecule has 2 N–H and O–H groups in total. The van der Waals surface area contributed by atoms with Crippen LogP contribution < -0.4 is 20.3 Å². The quantitative estimate of drug-likeness (QED) is 0.326. The lowest BCUT2D eigenvalue weighted by atomic mass is 9.95. The van der Waals surface area contributed by atoms with Gasteiger partial charge in [-0.15, -0.1) is 9.24 Å². The van der Waals surface area contributed by atoms with E-state index in [0.29, 0.717) is 30.7 Å². The average molecular weight is 519 g/mol. The van der Waals surface area contributed by atoms with Gasteiger partial charge in [0.25, 0.3) is 0 Å². The monoisotopic (exact) mass is 518 g/mol. The summed E-state index contributed by atoms with van der Waals surface area (Å²) in [5.41, 5.74) is 4.74. The van der Waals surface area contributed by atoms with Crippen LogP contribution in [0.5, 0.6) is 11.5 Å². The van der Waals surface area contributed by atoms with Gasteiger partial charge in [-0.3, -0.25) is 4.79 Å². The molecule has 192 valence electrons. The maximum atomic E-state index is 12.9. The van der Waals surface area contributed by atoms with Crippen LogP contribution in [-0.4, -0.2) is 31.5 Å². The van der Waals surface area contributed by atoms with Crippen molar-refractivity contribution in [2.75, 3.05) is 19.5 Å². The van der Waals surface area contributed by atoms with Crippen LogP contribution in [0.1, 0.15) is 30.4 Å². The number of hydrogen-bond acceptors (Lipinski definition) is 4. The van der Waals surface area contributed by atoms with Gasteiger partial charge in [0.1, 0.15) is 17.4 Å². The second-order valence-corrected chi connectivity index (χ2v) is 8.98. The van der Waals surface area contributed by atoms with E-state index in [0.717, 1.165) is 39.0 Å². The highest BCUT2D eigenvalue weighted by Gasteiger charge is 2.16. The van der Waals surface area contributed by atoms with Crippen molar-refractivity contribution >= 4 is 31.4 Å². The van der Waals surface area contributed by atoms with E-state index in [1.807, 2.05) is 42.5 Å². The number of anilines is 1. The topological polar surface area (TPSA) is 63.4 Å². The van der Waals surface area contributed by atoms with Gasteiger partial charge in [-0.2, -0.15) is 0 Å². The summed E-state index contributed by atoms with van der Waals surface area (Å²) in [5.74, 6) is 0.455. The summed E-state index contributed by atoms with van der Waals surface area (Å²) in [6.07, 6.45) is 0.613. The third-order valence-electron chi connectivity index (χ3n) is 5.67. The molecule has 0 amide bonds. The van der Waals surface area contributed by atoms with Gasteiger partial charge in [0.2, 0.25) is 12.0 Å². The number of halogens is 3. The summed E-state index contributed by atoms with van der Waals surface area (Å²) in [4.78, 5) is 14.3. The zero-order valence-electron chi connectivity index (χ0n) is 20.2. The molecule has 0 aliphatic carbocycles. The Morgan fingerprint density at radius 1 is 1.03 bits per heavy atom. The Hall–Kier alpha value is -3.25. The highest BCUT2D eigenvalue weighted by molar-refractivity contribution is 7.17. The Kier molecular flexibility index (Phi) is 9.59. The minimum Gasteiger partial charge on any atom is -0.497 e. The first-order valence-electron chi connectivity index (χ1n) is 11.4. The number of rotatable bonds is 8. The third-order valence-corrected chi connectivity index (χ3v) is 6.00. The normalized spacial score (nSPS) is 13.3. The van der Waals surface area contributed by atoms with E-state index in [1.165, 1.54) is 6.07 Å². The number of aromatic amines is 1. The number of nitrogens with one attached hydrogen (secondary N) is 2. The van der Waals surface area contributed by atoms with Crippen LogP contribution in [0.2, 0.25) is 0 Å². The van der Waals surface area contributed by atoms with Crippen molar-refractivity contribution in [1.82, 2.24) is 4.98 Å². The van der Waals surface area contributed by atoms with Crippen LogP contribution in [-0.2, 0) is 6.42 Å². The number of alkyl halides is 3. The minimum absolute atomic E-state index is 0.134. The molecule has 1 aliphatic heterocycles. The van der Waals surface area contributed by atoms with Gasteiger partial charge < -0.3 is 19.8 Å². The van der Waals surface area contributed by atoms with Crippen molar-refractivity contribution in [2.24, 2.45) is 0 Å². The number of H-pyrrole nitrogens is 1. The molecule has 1 aliphatic rings. The Balaban J connectivity index is 0.000000201. The molecule has 1 aromatic heterocycles. The number of methoxy groups -OCH3 is 2. The van der Waals surface area contributed by atoms with Crippen LogP contribution in [0.4, 0.5) is 18.9 Å². The van der Waals surface area contributed by atoms with Gasteiger partial charge in [-0.1, -0.05) is 12.6 Å². The number of allylic oxidation sites excluding steroid dienone is 2. The number of benzene rings is 2. The third kappa shape index (κ3) is 7.14. The van der Waals surface area contributed by atoms with Gasteiger partial charge in [0.05, 0.1) is 19.7 Å². The molecule has 0 spiro atoms. The highest BCUT2D eigenvalue weighted by Crippen LogP contribution is 2.36. The van der Waals surface area contributed by atoms with Crippen molar-refractivity contribution in [3.63, 3.8) is 0 Å². The lowest BCUT2D eigenvalue weighted by Gasteiger charge is -2.21. The molecular weight excluding hydrogens is 488 g/mol. The zero-order valence-corrected chi connectivity index (χ0v) is 21.4. The van der Waals surface area contributed by atoms with Crippen LogP contribution in [0, 0.1) is 0 Å². The number of fused-ring (bicyclic) bond motifs is 2. The molecule has 5 nitrogen and oxygen atoms in total. The van der Waals surface area contributed by atoms with Crippen molar-refractivity contribution in [1.29, 1.82) is 0 Å². The number of aromatic nitrogens is 1. The molecule has 2 heterocycles. The Morgan fingerprint density at radius 3 is 2.47 bits per heavy atom. The van der Waals surface area contributed by atoms with Crippen molar-refractivity contribution < 1.29 is 22.6 Å². The predicted octanol–water partition coefficient (Wildman–Crippen LogP) is 6.70. The van der Waals surface area contributed by atoms with E-state index in [2.05, 4.69) is 26.1 Å². The number of hydrogen-bond donors (Lipinski definition) is 2. The van der Waals surface area contributed by atoms with E-state index in [1.54, 1.807) is 14.2 Å². The van der Waals surface area contributed by atoms with E-state index >= 15 is 0 Å². The summed E-state index contributed by atoms with van der Waals surface area (Å²) in [5, 5.41) is 3.97. The standard InChI is InChI=1S/C14H15F2NO.C13H15FNO2P/c1-9-7-10(3-6-14(15)16)12-5-4-11(18-2)8-13(12)17-9;1-17-10-4-2-3-9-13(10)8(5-6-11(14)18)7-12(16)15-9/h4-5,7-8,14,17H,1,3,6H2,2H3;2-4,7,11H,5-6,18H2,1H3,(H,15,16). The van der Waals surface area contributed by atoms with Crippen molar-refractivity contribution in [3.05, 3.63) is 82.3 Å². The number of aryl methyl sites for hydroxylation is 1. The lowest BCUT2D eigenvalue weighted by molar-refractivity contribution is 0.139. The van der Waals surface area contributed by atoms with Gasteiger partial charge in [0.15, 0.2) is 0 Å². The molecular formula is C27H30F3N2O3P. The molecule has 2 unspecified atom stereocenters. The van der Waals surface area contributed by atoms with Gasteiger partial charge in [0, 0.05) is 40.9 Å². The highest BCUT2D eigenvalue weighted by atomic mass is 31.0. The first-order valence-corrected chi connectivity index (χ1v) is 12.1. The lowest BCUT2D eigenvalue weighted by Crippen LogP contribution is -2.08. The molecule has 4 rings (SSSR count). The predicted molar refractivity (Wildman–Crippen MR) is 143 cm³/mol. The maximum Gasteiger partial charge on any atom is 0.248 e. The van der Waals surface area contributed by atoms with Crippen LogP contribution in [0.25, 0.3) is 16.5 Å². The molecule has 2 aromatic carbocycles. The number of ether oxygens (including phenoxy) is 2. The summed E-state index contributed by atoms with van der Waals surface area (Å²) in [7, 11) is 5.29. The van der Waals surface area contributed by atoms with Gasteiger partial charge in [-0.05, 0) is 60.7 Å². The second kappa shape index (κ2) is 12.6. The van der Waals surface area contributed by atoms with Crippen molar-refractivity contribution in [2.45, 2.75) is 38.0 Å². The molecule has 0 fully saturated rings. The van der Waals surface area contributed by atoms with E-state index in [-0.39, 0.29) is 12.0 Å². The average Bonchev–Trinajstić information content (AvgIpc) is 2.84. The fourth-order valence-corrected chi connectivity index (χ4v) is 4.20. The van der Waals surface area contributed by atoms with Gasteiger partial charge in [-0.25, -0.2) is 13.2 Å². The SMILES string of the molecule is C=C1C=C(CCC(F)F)c2ccc(OC)cc2N1.COc1cccc2[nH]c(=O)cc(CCC(F)P)c12. The Bertz CT molecular complexity index is 1310. The molecule has 36 heavy (non-hydrogen) atoms. The molecule has 2 atom stereocenters.